The van der Waals surface area contributed by atoms with Crippen LogP contribution in [0.25, 0.3) is 0 Å². The number of hydrogen-bond acceptors (Lipinski definition) is 2. The summed E-state index contributed by atoms with van der Waals surface area (Å²) in [4.78, 5) is 0. The van der Waals surface area contributed by atoms with Crippen molar-refractivity contribution in [2.24, 2.45) is 5.92 Å². The van der Waals surface area contributed by atoms with Gasteiger partial charge in [0.05, 0.1) is 12.7 Å². The van der Waals surface area contributed by atoms with E-state index in [1.54, 1.807) is 0 Å². The van der Waals surface area contributed by atoms with Crippen LogP contribution in [0.5, 0.6) is 0 Å². The van der Waals surface area contributed by atoms with Gasteiger partial charge in [0.1, 0.15) is 0 Å². The van der Waals surface area contributed by atoms with Gasteiger partial charge in [0, 0.05) is 12.6 Å². The quantitative estimate of drug-likeness (QED) is 0.897. The van der Waals surface area contributed by atoms with Crippen LogP contribution in [0.4, 0.5) is 0 Å². The van der Waals surface area contributed by atoms with E-state index in [-0.39, 0.29) is 6.10 Å². The van der Waals surface area contributed by atoms with Gasteiger partial charge in [-0.25, -0.2) is 0 Å². The Labute approximate surface area is 116 Å². The number of rotatable bonds is 3. The second-order valence-corrected chi connectivity index (χ2v) is 6.02. The second kappa shape index (κ2) is 6.06. The fourth-order valence-corrected chi connectivity index (χ4v) is 3.46. The molecule has 2 heteroatoms. The van der Waals surface area contributed by atoms with Crippen LogP contribution in [-0.4, -0.2) is 19.2 Å². The number of ether oxygens (including phenoxy) is 1. The normalized spacial score (nSPS) is 30.9. The number of nitrogens with one attached hydrogen (secondary N) is 1. The lowest BCUT2D eigenvalue weighted by molar-refractivity contribution is 0.0474. The summed E-state index contributed by atoms with van der Waals surface area (Å²) in [6.07, 6.45) is 6.65. The summed E-state index contributed by atoms with van der Waals surface area (Å²) in [6, 6.07) is 9.71. The highest BCUT2D eigenvalue weighted by Gasteiger charge is 2.31. The Balaban J connectivity index is 1.65. The summed E-state index contributed by atoms with van der Waals surface area (Å²) in [5.41, 5.74) is 2.76. The van der Waals surface area contributed by atoms with Crippen LogP contribution >= 0.6 is 0 Å². The van der Waals surface area contributed by atoms with Gasteiger partial charge in [-0.2, -0.15) is 0 Å². The minimum Gasteiger partial charge on any atom is -0.372 e. The molecule has 1 heterocycles. The van der Waals surface area contributed by atoms with Crippen LogP contribution in [0, 0.1) is 5.92 Å². The molecule has 3 unspecified atom stereocenters. The maximum absolute atomic E-state index is 6.14. The van der Waals surface area contributed by atoms with Crippen LogP contribution in [0.3, 0.4) is 0 Å². The fourth-order valence-electron chi connectivity index (χ4n) is 3.46. The molecule has 2 fully saturated rings. The maximum Gasteiger partial charge on any atom is 0.0949 e. The highest BCUT2D eigenvalue weighted by molar-refractivity contribution is 5.25. The summed E-state index contributed by atoms with van der Waals surface area (Å²) < 4.78 is 6.14. The Kier molecular flexibility index (Phi) is 4.19. The Morgan fingerprint density at radius 1 is 1.21 bits per heavy atom. The zero-order valence-electron chi connectivity index (χ0n) is 11.9. The van der Waals surface area contributed by atoms with Gasteiger partial charge in [-0.1, -0.05) is 44.0 Å². The van der Waals surface area contributed by atoms with Crippen LogP contribution < -0.4 is 5.32 Å². The standard InChI is InChI=1S/C17H25NO/c1-2-4-13-7-9-14(10-8-13)17-11-18-16-6-3-5-15(16)12-19-17/h7-10,15-18H,2-6,11-12H2,1H3. The largest absolute Gasteiger partial charge is 0.372 e. The average Bonchev–Trinajstić information content (AvgIpc) is 2.79. The molecular formula is C17H25NO. The molecule has 2 nitrogen and oxygen atoms in total. The van der Waals surface area contributed by atoms with E-state index in [2.05, 4.69) is 36.5 Å². The average molecular weight is 259 g/mol. The minimum absolute atomic E-state index is 0.237. The third kappa shape index (κ3) is 3.01. The van der Waals surface area contributed by atoms with Gasteiger partial charge in [0.2, 0.25) is 0 Å². The molecular weight excluding hydrogens is 234 g/mol. The maximum atomic E-state index is 6.14. The first-order chi connectivity index (χ1) is 9.36. The first-order valence-corrected chi connectivity index (χ1v) is 7.80. The molecule has 3 atom stereocenters. The zero-order valence-corrected chi connectivity index (χ0v) is 11.9. The molecule has 104 valence electrons. The molecule has 1 aliphatic carbocycles. The summed E-state index contributed by atoms with van der Waals surface area (Å²) in [6.45, 7) is 4.12. The predicted molar refractivity (Wildman–Crippen MR) is 78.3 cm³/mol. The monoisotopic (exact) mass is 259 g/mol. The Hall–Kier alpha value is -0.860. The predicted octanol–water partition coefficient (Wildman–Crippen LogP) is 3.47. The highest BCUT2D eigenvalue weighted by atomic mass is 16.5. The van der Waals surface area contributed by atoms with Crippen molar-refractivity contribution in [1.29, 1.82) is 0 Å². The molecule has 2 aliphatic rings. The lowest BCUT2D eigenvalue weighted by Gasteiger charge is -2.16. The van der Waals surface area contributed by atoms with E-state index in [4.69, 9.17) is 4.74 Å². The van der Waals surface area contributed by atoms with Crippen molar-refractivity contribution in [3.63, 3.8) is 0 Å². The van der Waals surface area contributed by atoms with Crippen molar-refractivity contribution in [2.45, 2.75) is 51.2 Å². The van der Waals surface area contributed by atoms with Gasteiger partial charge in [-0.15, -0.1) is 0 Å². The molecule has 3 rings (SSSR count). The highest BCUT2D eigenvalue weighted by Crippen LogP contribution is 2.31. The van der Waals surface area contributed by atoms with E-state index in [1.807, 2.05) is 0 Å². The zero-order chi connectivity index (χ0) is 13.1. The van der Waals surface area contributed by atoms with Crippen LogP contribution in [0.2, 0.25) is 0 Å². The smallest absolute Gasteiger partial charge is 0.0949 e. The molecule has 0 amide bonds. The number of benzene rings is 1. The molecule has 19 heavy (non-hydrogen) atoms. The molecule has 0 spiro atoms. The van der Waals surface area contributed by atoms with E-state index in [0.29, 0.717) is 6.04 Å². The summed E-state index contributed by atoms with van der Waals surface area (Å²) >= 11 is 0. The first kappa shape index (κ1) is 13.1. The van der Waals surface area contributed by atoms with Crippen molar-refractivity contribution in [3.8, 4) is 0 Å². The van der Waals surface area contributed by atoms with Gasteiger partial charge in [0.15, 0.2) is 0 Å². The van der Waals surface area contributed by atoms with Gasteiger partial charge in [-0.05, 0) is 36.3 Å². The second-order valence-electron chi connectivity index (χ2n) is 6.02. The lowest BCUT2D eigenvalue weighted by Crippen LogP contribution is -2.32. The molecule has 0 radical (unpaired) electrons. The summed E-state index contributed by atoms with van der Waals surface area (Å²) in [5.74, 6) is 0.740. The van der Waals surface area contributed by atoms with Crippen molar-refractivity contribution in [2.75, 3.05) is 13.2 Å². The Bertz CT molecular complexity index is 386. The molecule has 1 aromatic carbocycles. The Morgan fingerprint density at radius 3 is 2.84 bits per heavy atom. The van der Waals surface area contributed by atoms with Crippen molar-refractivity contribution in [1.82, 2.24) is 5.32 Å². The molecule has 0 aromatic heterocycles. The molecule has 1 aliphatic heterocycles. The van der Waals surface area contributed by atoms with Gasteiger partial charge in [0.25, 0.3) is 0 Å². The third-order valence-corrected chi connectivity index (χ3v) is 4.63. The van der Waals surface area contributed by atoms with Crippen LogP contribution in [0.15, 0.2) is 24.3 Å². The summed E-state index contributed by atoms with van der Waals surface area (Å²) in [5, 5.41) is 3.71. The number of fused-ring (bicyclic) bond motifs is 1. The fraction of sp³-hybridized carbons (Fsp3) is 0.647. The van der Waals surface area contributed by atoms with Crippen LogP contribution in [0.1, 0.15) is 49.8 Å². The van der Waals surface area contributed by atoms with Gasteiger partial charge < -0.3 is 10.1 Å². The van der Waals surface area contributed by atoms with Crippen molar-refractivity contribution >= 4 is 0 Å². The van der Waals surface area contributed by atoms with Gasteiger partial charge in [-0.3, -0.25) is 0 Å². The number of aryl methyl sites for hydroxylation is 1. The molecule has 0 bridgehead atoms. The Morgan fingerprint density at radius 2 is 2.05 bits per heavy atom. The van der Waals surface area contributed by atoms with E-state index in [9.17, 15) is 0 Å². The van der Waals surface area contributed by atoms with Gasteiger partial charge >= 0.3 is 0 Å². The summed E-state index contributed by atoms with van der Waals surface area (Å²) in [7, 11) is 0. The SMILES string of the molecule is CCCc1ccc(C2CNC3CCCC3CO2)cc1. The molecule has 1 aromatic rings. The topological polar surface area (TPSA) is 21.3 Å². The molecule has 1 saturated carbocycles. The molecule has 1 saturated heterocycles. The van der Waals surface area contributed by atoms with Crippen molar-refractivity contribution < 1.29 is 4.74 Å². The van der Waals surface area contributed by atoms with E-state index >= 15 is 0 Å². The van der Waals surface area contributed by atoms with Crippen LogP contribution in [-0.2, 0) is 11.2 Å². The minimum atomic E-state index is 0.237. The lowest BCUT2D eigenvalue weighted by atomic mass is 10.0. The van der Waals surface area contributed by atoms with E-state index < -0.39 is 0 Å². The third-order valence-electron chi connectivity index (χ3n) is 4.63. The van der Waals surface area contributed by atoms with E-state index in [1.165, 1.54) is 43.2 Å². The van der Waals surface area contributed by atoms with E-state index in [0.717, 1.165) is 19.1 Å². The van der Waals surface area contributed by atoms with Crippen molar-refractivity contribution in [3.05, 3.63) is 35.4 Å². The first-order valence-electron chi connectivity index (χ1n) is 7.80. The number of hydrogen-bond donors (Lipinski definition) is 1. The molecule has 1 N–H and O–H groups in total.